The van der Waals surface area contributed by atoms with Crippen LogP contribution >= 0.6 is 11.6 Å². The summed E-state index contributed by atoms with van der Waals surface area (Å²) in [5, 5.41) is 13.9. The molecule has 2 aromatic carbocycles. The summed E-state index contributed by atoms with van der Waals surface area (Å²) in [5.41, 5.74) is 1.35. The van der Waals surface area contributed by atoms with E-state index in [4.69, 9.17) is 16.3 Å². The molecule has 0 saturated carbocycles. The number of hydrogen-bond acceptors (Lipinski definition) is 5. The number of amides is 2. The molecule has 0 radical (unpaired) electrons. The third-order valence-electron chi connectivity index (χ3n) is 3.61. The highest BCUT2D eigenvalue weighted by Crippen LogP contribution is 2.29. The van der Waals surface area contributed by atoms with Gasteiger partial charge in [-0.3, -0.25) is 19.7 Å². The van der Waals surface area contributed by atoms with E-state index in [-0.39, 0.29) is 28.9 Å². The van der Waals surface area contributed by atoms with Gasteiger partial charge in [0, 0.05) is 23.8 Å². The van der Waals surface area contributed by atoms with E-state index >= 15 is 0 Å². The minimum Gasteiger partial charge on any atom is -0.477 e. The van der Waals surface area contributed by atoms with Gasteiger partial charge in [-0.05, 0) is 31.2 Å². The Bertz CT molecular complexity index is 855. The minimum atomic E-state index is -0.648. The van der Waals surface area contributed by atoms with Crippen molar-refractivity contribution in [2.75, 3.05) is 25.5 Å². The average Bonchev–Trinajstić information content (AvgIpc) is 2.62. The van der Waals surface area contributed by atoms with Crippen molar-refractivity contribution in [3.63, 3.8) is 0 Å². The van der Waals surface area contributed by atoms with Crippen molar-refractivity contribution in [1.82, 2.24) is 4.90 Å². The molecule has 2 amide bonds. The van der Waals surface area contributed by atoms with Crippen molar-refractivity contribution in [3.05, 3.63) is 63.2 Å². The molecule has 1 N–H and O–H groups in total. The van der Waals surface area contributed by atoms with E-state index in [1.165, 1.54) is 24.1 Å². The standard InChI is InChI=1S/C18H18ClN3O5/c1-12-3-6-14(7-4-12)20-17(23)10-21(2)18(24)11-27-16-8-5-13(19)9-15(16)22(25)26/h3-9H,10-11H2,1-2H3,(H,20,23). The summed E-state index contributed by atoms with van der Waals surface area (Å²) in [4.78, 5) is 35.7. The Morgan fingerprint density at radius 1 is 1.22 bits per heavy atom. The van der Waals surface area contributed by atoms with Gasteiger partial charge in [0.2, 0.25) is 5.91 Å². The molecule has 0 heterocycles. The van der Waals surface area contributed by atoms with Crippen LogP contribution in [0.3, 0.4) is 0 Å². The Morgan fingerprint density at radius 3 is 2.52 bits per heavy atom. The zero-order chi connectivity index (χ0) is 20.0. The number of carbonyl (C=O) groups is 2. The first-order valence-electron chi connectivity index (χ1n) is 7.93. The highest BCUT2D eigenvalue weighted by molar-refractivity contribution is 6.30. The zero-order valence-corrected chi connectivity index (χ0v) is 15.5. The number of rotatable bonds is 7. The second kappa shape index (κ2) is 9.00. The number of ether oxygens (including phenoxy) is 1. The van der Waals surface area contributed by atoms with E-state index in [1.807, 2.05) is 19.1 Å². The SMILES string of the molecule is Cc1ccc(NC(=O)CN(C)C(=O)COc2ccc(Cl)cc2[N+](=O)[O-])cc1. The monoisotopic (exact) mass is 391 g/mol. The molecule has 9 heteroatoms. The molecule has 0 aliphatic carbocycles. The summed E-state index contributed by atoms with van der Waals surface area (Å²) in [7, 11) is 1.44. The van der Waals surface area contributed by atoms with Crippen molar-refractivity contribution in [1.29, 1.82) is 0 Å². The molecular formula is C18H18ClN3O5. The second-order valence-corrected chi connectivity index (χ2v) is 6.26. The van der Waals surface area contributed by atoms with Gasteiger partial charge in [0.1, 0.15) is 0 Å². The molecule has 0 aromatic heterocycles. The Morgan fingerprint density at radius 2 is 1.89 bits per heavy atom. The van der Waals surface area contributed by atoms with Crippen molar-refractivity contribution in [3.8, 4) is 5.75 Å². The smallest absolute Gasteiger partial charge is 0.312 e. The van der Waals surface area contributed by atoms with Gasteiger partial charge in [0.15, 0.2) is 12.4 Å². The van der Waals surface area contributed by atoms with Gasteiger partial charge >= 0.3 is 5.69 Å². The molecule has 0 saturated heterocycles. The molecule has 0 atom stereocenters. The number of anilines is 1. The molecule has 0 aliphatic rings. The molecule has 2 rings (SSSR count). The van der Waals surface area contributed by atoms with Gasteiger partial charge in [-0.25, -0.2) is 0 Å². The van der Waals surface area contributed by atoms with E-state index < -0.39 is 17.4 Å². The lowest BCUT2D eigenvalue weighted by Crippen LogP contribution is -2.37. The van der Waals surface area contributed by atoms with Crippen LogP contribution in [-0.2, 0) is 9.59 Å². The van der Waals surface area contributed by atoms with Gasteiger partial charge < -0.3 is 15.0 Å². The highest BCUT2D eigenvalue weighted by atomic mass is 35.5. The lowest BCUT2D eigenvalue weighted by Gasteiger charge is -2.17. The van der Waals surface area contributed by atoms with Gasteiger partial charge in [0.05, 0.1) is 11.5 Å². The molecule has 0 bridgehead atoms. The van der Waals surface area contributed by atoms with Crippen molar-refractivity contribution in [2.24, 2.45) is 0 Å². The zero-order valence-electron chi connectivity index (χ0n) is 14.8. The Kier molecular flexibility index (Phi) is 6.73. The first-order valence-corrected chi connectivity index (χ1v) is 8.31. The predicted octanol–water partition coefficient (Wildman–Crippen LogP) is 3.03. The summed E-state index contributed by atoms with van der Waals surface area (Å²) in [6.07, 6.45) is 0. The summed E-state index contributed by atoms with van der Waals surface area (Å²) in [6.45, 7) is 1.30. The minimum absolute atomic E-state index is 0.0738. The fraction of sp³-hybridized carbons (Fsp3) is 0.222. The molecule has 0 fully saturated rings. The first-order chi connectivity index (χ1) is 12.8. The van der Waals surface area contributed by atoms with Crippen molar-refractivity contribution in [2.45, 2.75) is 6.92 Å². The maximum absolute atomic E-state index is 12.1. The van der Waals surface area contributed by atoms with Crippen LogP contribution in [0.25, 0.3) is 0 Å². The fourth-order valence-electron chi connectivity index (χ4n) is 2.15. The lowest BCUT2D eigenvalue weighted by atomic mass is 10.2. The van der Waals surface area contributed by atoms with E-state index in [0.717, 1.165) is 11.6 Å². The first kappa shape index (κ1) is 20.2. The highest BCUT2D eigenvalue weighted by Gasteiger charge is 2.19. The maximum atomic E-state index is 12.1. The van der Waals surface area contributed by atoms with E-state index in [1.54, 1.807) is 12.1 Å². The van der Waals surface area contributed by atoms with E-state index in [2.05, 4.69) is 5.32 Å². The van der Waals surface area contributed by atoms with Crippen molar-refractivity contribution >= 4 is 34.8 Å². The number of likely N-dealkylation sites (N-methyl/N-ethyl adjacent to an activating group) is 1. The third kappa shape index (κ3) is 5.96. The molecule has 2 aromatic rings. The molecular weight excluding hydrogens is 374 g/mol. The number of hydrogen-bond donors (Lipinski definition) is 1. The normalized spacial score (nSPS) is 10.2. The quantitative estimate of drug-likeness (QED) is 0.577. The summed E-state index contributed by atoms with van der Waals surface area (Å²) >= 11 is 5.73. The van der Waals surface area contributed by atoms with Crippen LogP contribution in [0.15, 0.2) is 42.5 Å². The van der Waals surface area contributed by atoms with Crippen LogP contribution in [-0.4, -0.2) is 41.8 Å². The van der Waals surface area contributed by atoms with Crippen LogP contribution in [0.1, 0.15) is 5.56 Å². The van der Waals surface area contributed by atoms with Crippen molar-refractivity contribution < 1.29 is 19.2 Å². The summed E-state index contributed by atoms with van der Waals surface area (Å²) in [5.74, 6) is -0.944. The van der Waals surface area contributed by atoms with Crippen LogP contribution < -0.4 is 10.1 Å². The van der Waals surface area contributed by atoms with Gasteiger partial charge in [-0.1, -0.05) is 29.3 Å². The Hall–Kier alpha value is -3.13. The summed E-state index contributed by atoms with van der Waals surface area (Å²) in [6, 6.07) is 11.1. The molecule has 0 unspecified atom stereocenters. The fourth-order valence-corrected chi connectivity index (χ4v) is 2.31. The molecule has 27 heavy (non-hydrogen) atoms. The Labute approximate surface area is 160 Å². The Balaban J connectivity index is 1.89. The van der Waals surface area contributed by atoms with Crippen LogP contribution in [0.2, 0.25) is 5.02 Å². The lowest BCUT2D eigenvalue weighted by molar-refractivity contribution is -0.385. The third-order valence-corrected chi connectivity index (χ3v) is 3.85. The topological polar surface area (TPSA) is 102 Å². The number of nitro groups is 1. The van der Waals surface area contributed by atoms with Gasteiger partial charge in [-0.15, -0.1) is 0 Å². The molecule has 0 aliphatic heterocycles. The molecule has 142 valence electrons. The number of halogens is 1. The van der Waals surface area contributed by atoms with Gasteiger partial charge in [-0.2, -0.15) is 0 Å². The van der Waals surface area contributed by atoms with Crippen LogP contribution in [0, 0.1) is 17.0 Å². The number of benzene rings is 2. The molecule has 8 nitrogen and oxygen atoms in total. The average molecular weight is 392 g/mol. The number of nitrogens with one attached hydrogen (secondary N) is 1. The number of carbonyl (C=O) groups excluding carboxylic acids is 2. The van der Waals surface area contributed by atoms with E-state index in [9.17, 15) is 19.7 Å². The maximum Gasteiger partial charge on any atom is 0.312 e. The van der Waals surface area contributed by atoms with E-state index in [0.29, 0.717) is 5.69 Å². The second-order valence-electron chi connectivity index (χ2n) is 5.82. The van der Waals surface area contributed by atoms with Crippen LogP contribution in [0.4, 0.5) is 11.4 Å². The largest absolute Gasteiger partial charge is 0.477 e. The molecule has 0 spiro atoms. The predicted molar refractivity (Wildman–Crippen MR) is 101 cm³/mol. The van der Waals surface area contributed by atoms with Crippen LogP contribution in [0.5, 0.6) is 5.75 Å². The number of aryl methyl sites for hydroxylation is 1. The summed E-state index contributed by atoms with van der Waals surface area (Å²) < 4.78 is 5.23. The van der Waals surface area contributed by atoms with Gasteiger partial charge in [0.25, 0.3) is 5.91 Å². The number of nitrogens with zero attached hydrogens (tertiary/aromatic N) is 2. The number of nitro benzene ring substituents is 1.